The minimum Gasteiger partial charge on any atom is -0.497 e. The Morgan fingerprint density at radius 1 is 1.00 bits per heavy atom. The van der Waals surface area contributed by atoms with Crippen LogP contribution in [0.1, 0.15) is 5.56 Å². The number of methoxy groups -OCH3 is 2. The first-order valence-corrected chi connectivity index (χ1v) is 8.90. The summed E-state index contributed by atoms with van der Waals surface area (Å²) >= 11 is 0. The van der Waals surface area contributed by atoms with Crippen molar-refractivity contribution in [1.82, 2.24) is 9.97 Å². The van der Waals surface area contributed by atoms with Crippen molar-refractivity contribution in [2.24, 2.45) is 0 Å². The number of carbonyl (C=O) groups excluding carboxylic acids is 1. The number of hydrogen-bond donors (Lipinski definition) is 0. The first-order chi connectivity index (χ1) is 14.2. The predicted octanol–water partition coefficient (Wildman–Crippen LogP) is 4.06. The summed E-state index contributed by atoms with van der Waals surface area (Å²) in [6.45, 7) is 0. The maximum Gasteiger partial charge on any atom is 0.315 e. The second kappa shape index (κ2) is 8.02. The fourth-order valence-electron chi connectivity index (χ4n) is 2.89. The largest absolute Gasteiger partial charge is 0.497 e. The molecule has 2 heterocycles. The van der Waals surface area contributed by atoms with Crippen molar-refractivity contribution in [2.45, 2.75) is 6.42 Å². The van der Waals surface area contributed by atoms with E-state index in [1.165, 1.54) is 0 Å². The van der Waals surface area contributed by atoms with E-state index in [4.69, 9.17) is 18.6 Å². The average molecular weight is 390 g/mol. The van der Waals surface area contributed by atoms with Crippen molar-refractivity contribution in [3.63, 3.8) is 0 Å². The highest BCUT2D eigenvalue weighted by atomic mass is 16.5. The van der Waals surface area contributed by atoms with Crippen molar-refractivity contribution in [1.29, 1.82) is 0 Å². The van der Waals surface area contributed by atoms with Crippen LogP contribution in [-0.4, -0.2) is 30.2 Å². The number of carbonyl (C=O) groups is 1. The van der Waals surface area contributed by atoms with Gasteiger partial charge in [0.1, 0.15) is 28.5 Å². The topological polar surface area (TPSA) is 83.7 Å². The third-order valence-electron chi connectivity index (χ3n) is 4.30. The van der Waals surface area contributed by atoms with E-state index in [9.17, 15) is 4.79 Å². The molecule has 0 fully saturated rings. The number of aromatic nitrogens is 2. The van der Waals surface area contributed by atoms with Crippen LogP contribution in [0.5, 0.6) is 17.2 Å². The van der Waals surface area contributed by atoms with Gasteiger partial charge in [-0.2, -0.15) is 0 Å². The third-order valence-corrected chi connectivity index (χ3v) is 4.30. The van der Waals surface area contributed by atoms with Crippen molar-refractivity contribution in [3.05, 3.63) is 66.4 Å². The smallest absolute Gasteiger partial charge is 0.315 e. The first kappa shape index (κ1) is 18.5. The van der Waals surface area contributed by atoms with Crippen LogP contribution in [-0.2, 0) is 11.2 Å². The molecule has 0 unspecified atom stereocenters. The summed E-state index contributed by atoms with van der Waals surface area (Å²) in [6.07, 6.45) is 1.73. The minimum absolute atomic E-state index is 0.0563. The van der Waals surface area contributed by atoms with E-state index < -0.39 is 5.97 Å². The zero-order valence-electron chi connectivity index (χ0n) is 15.9. The lowest BCUT2D eigenvalue weighted by Crippen LogP contribution is -2.12. The number of pyridine rings is 1. The zero-order chi connectivity index (χ0) is 20.2. The molecule has 0 atom stereocenters. The molecule has 7 nitrogen and oxygen atoms in total. The number of esters is 1. The Kier molecular flexibility index (Phi) is 5.11. The molecule has 0 bridgehead atoms. The standard InChI is InChI=1S/C22H18N2O5/c1-26-15-7-6-14(19(12-15)27-2)11-21(25)28-16-8-9-17-20(13-16)29-22(24-17)18-5-3-4-10-23-18/h3-10,12-13H,11H2,1-2H3. The number of benzene rings is 2. The van der Waals surface area contributed by atoms with Crippen LogP contribution in [0.15, 0.2) is 65.2 Å². The van der Waals surface area contributed by atoms with E-state index in [-0.39, 0.29) is 6.42 Å². The summed E-state index contributed by atoms with van der Waals surface area (Å²) < 4.78 is 21.7. The molecule has 0 aliphatic carbocycles. The monoisotopic (exact) mass is 390 g/mol. The van der Waals surface area contributed by atoms with Gasteiger partial charge in [-0.05, 0) is 30.3 Å². The first-order valence-electron chi connectivity index (χ1n) is 8.90. The van der Waals surface area contributed by atoms with Crippen LogP contribution < -0.4 is 14.2 Å². The molecule has 0 spiro atoms. The van der Waals surface area contributed by atoms with Crippen LogP contribution in [0.4, 0.5) is 0 Å². The average Bonchev–Trinajstić information content (AvgIpc) is 3.18. The van der Waals surface area contributed by atoms with Gasteiger partial charge < -0.3 is 18.6 Å². The highest BCUT2D eigenvalue weighted by Gasteiger charge is 2.14. The fourth-order valence-corrected chi connectivity index (χ4v) is 2.89. The van der Waals surface area contributed by atoms with E-state index >= 15 is 0 Å². The number of hydrogen-bond acceptors (Lipinski definition) is 7. The summed E-state index contributed by atoms with van der Waals surface area (Å²) in [5.41, 5.74) is 2.51. The van der Waals surface area contributed by atoms with Crippen LogP contribution in [0.2, 0.25) is 0 Å². The number of nitrogens with zero attached hydrogens (tertiary/aromatic N) is 2. The molecule has 7 heteroatoms. The van der Waals surface area contributed by atoms with Crippen LogP contribution in [0, 0.1) is 0 Å². The fraction of sp³-hybridized carbons (Fsp3) is 0.136. The third kappa shape index (κ3) is 4.03. The lowest BCUT2D eigenvalue weighted by atomic mass is 10.1. The number of fused-ring (bicyclic) bond motifs is 1. The molecule has 0 aliphatic heterocycles. The van der Waals surface area contributed by atoms with E-state index in [1.807, 2.05) is 18.2 Å². The Labute approximate surface area is 166 Å². The highest BCUT2D eigenvalue weighted by molar-refractivity contribution is 5.80. The lowest BCUT2D eigenvalue weighted by Gasteiger charge is -2.10. The predicted molar refractivity (Wildman–Crippen MR) is 106 cm³/mol. The normalized spacial score (nSPS) is 10.7. The molecule has 0 saturated carbocycles. The molecule has 0 radical (unpaired) electrons. The van der Waals surface area contributed by atoms with E-state index in [1.54, 1.807) is 56.8 Å². The van der Waals surface area contributed by atoms with E-state index in [2.05, 4.69) is 9.97 Å². The summed E-state index contributed by atoms with van der Waals surface area (Å²) in [5, 5.41) is 0. The van der Waals surface area contributed by atoms with Gasteiger partial charge in [0.15, 0.2) is 5.58 Å². The molecule has 29 heavy (non-hydrogen) atoms. The molecule has 0 aliphatic rings. The molecule has 4 aromatic rings. The van der Waals surface area contributed by atoms with Crippen LogP contribution >= 0.6 is 0 Å². The van der Waals surface area contributed by atoms with Crippen LogP contribution in [0.3, 0.4) is 0 Å². The molecular weight excluding hydrogens is 372 g/mol. The zero-order valence-corrected chi connectivity index (χ0v) is 15.9. The van der Waals surface area contributed by atoms with Crippen molar-refractivity contribution < 1.29 is 23.4 Å². The van der Waals surface area contributed by atoms with Gasteiger partial charge in [-0.1, -0.05) is 12.1 Å². The Hall–Kier alpha value is -3.87. The van der Waals surface area contributed by atoms with Gasteiger partial charge in [0.25, 0.3) is 0 Å². The van der Waals surface area contributed by atoms with Crippen LogP contribution in [0.25, 0.3) is 22.7 Å². The number of oxazole rings is 1. The highest BCUT2D eigenvalue weighted by Crippen LogP contribution is 2.28. The second-order valence-electron chi connectivity index (χ2n) is 6.19. The molecule has 4 rings (SSSR count). The van der Waals surface area contributed by atoms with Crippen molar-refractivity contribution >= 4 is 17.1 Å². The summed E-state index contributed by atoms with van der Waals surface area (Å²) in [4.78, 5) is 21.0. The molecule has 2 aromatic carbocycles. The summed E-state index contributed by atoms with van der Waals surface area (Å²) in [5.74, 6) is 1.58. The minimum atomic E-state index is -0.419. The van der Waals surface area contributed by atoms with Gasteiger partial charge >= 0.3 is 5.97 Å². The second-order valence-corrected chi connectivity index (χ2v) is 6.19. The van der Waals surface area contributed by atoms with E-state index in [0.717, 1.165) is 0 Å². The molecule has 0 amide bonds. The maximum atomic E-state index is 12.4. The Morgan fingerprint density at radius 2 is 1.86 bits per heavy atom. The quantitative estimate of drug-likeness (QED) is 0.363. The Morgan fingerprint density at radius 3 is 2.62 bits per heavy atom. The van der Waals surface area contributed by atoms with Gasteiger partial charge in [-0.3, -0.25) is 9.78 Å². The summed E-state index contributed by atoms with van der Waals surface area (Å²) in [6, 6.07) is 15.8. The maximum absolute atomic E-state index is 12.4. The lowest BCUT2D eigenvalue weighted by molar-refractivity contribution is -0.133. The van der Waals surface area contributed by atoms with Gasteiger partial charge in [0, 0.05) is 23.9 Å². The number of ether oxygens (including phenoxy) is 3. The molecule has 2 aromatic heterocycles. The van der Waals surface area contributed by atoms with Gasteiger partial charge in [0.05, 0.1) is 20.6 Å². The molecule has 0 N–H and O–H groups in total. The van der Waals surface area contributed by atoms with Crippen molar-refractivity contribution in [3.8, 4) is 28.8 Å². The van der Waals surface area contributed by atoms with Gasteiger partial charge in [-0.25, -0.2) is 4.98 Å². The molecule has 0 saturated heterocycles. The summed E-state index contributed by atoms with van der Waals surface area (Å²) in [7, 11) is 3.11. The SMILES string of the molecule is COc1ccc(CC(=O)Oc2ccc3nc(-c4ccccn4)oc3c2)c(OC)c1. The molecule has 146 valence electrons. The van der Waals surface area contributed by atoms with E-state index in [0.29, 0.717) is 45.5 Å². The Balaban J connectivity index is 1.51. The number of rotatable bonds is 6. The van der Waals surface area contributed by atoms with Gasteiger partial charge in [-0.15, -0.1) is 0 Å². The van der Waals surface area contributed by atoms with Gasteiger partial charge in [0.2, 0.25) is 5.89 Å². The molecular formula is C22H18N2O5. The Bertz CT molecular complexity index is 1150. The van der Waals surface area contributed by atoms with Crippen molar-refractivity contribution in [2.75, 3.05) is 14.2 Å².